The lowest BCUT2D eigenvalue weighted by molar-refractivity contribution is -0.114. The number of benzene rings is 1. The van der Waals surface area contributed by atoms with Gasteiger partial charge in [-0.3, -0.25) is 4.79 Å². The molecule has 0 amide bonds. The van der Waals surface area contributed by atoms with E-state index in [1.165, 1.54) is 57.8 Å². The van der Waals surface area contributed by atoms with Crippen LogP contribution >= 0.6 is 0 Å². The lowest BCUT2D eigenvalue weighted by atomic mass is 10.0. The van der Waals surface area contributed by atoms with Gasteiger partial charge >= 0.3 is 0 Å². The Morgan fingerprint density at radius 3 is 2.04 bits per heavy atom. The molecule has 27 heavy (non-hydrogen) atoms. The molecule has 3 heteroatoms. The van der Waals surface area contributed by atoms with Crippen molar-refractivity contribution in [2.24, 2.45) is 0 Å². The first-order chi connectivity index (χ1) is 13.2. The molecule has 0 saturated carbocycles. The molecular formula is C24H38O3. The van der Waals surface area contributed by atoms with E-state index in [2.05, 4.69) is 6.92 Å². The number of carbonyl (C=O) groups is 1. The molecule has 0 aliphatic carbocycles. The normalized spacial score (nSPS) is 11.1. The average Bonchev–Trinajstić information content (AvgIpc) is 2.69. The number of carbonyl (C=O) groups excluding carboxylic acids is 1. The minimum absolute atomic E-state index is 0.232. The van der Waals surface area contributed by atoms with E-state index in [1.807, 2.05) is 24.3 Å². The topological polar surface area (TPSA) is 35.5 Å². The highest BCUT2D eigenvalue weighted by atomic mass is 16.5. The third-order valence-electron chi connectivity index (χ3n) is 4.88. The standard InChI is InChI=1S/C24H38O3/c1-4-5-6-7-8-9-10-11-12-13-16-22(25)17-14-15-21-18-19-23(26-2)24(20-21)27-3/h14,17-20H,4-13,15-16H2,1-3H3. The molecule has 0 radical (unpaired) electrons. The van der Waals surface area contributed by atoms with Gasteiger partial charge < -0.3 is 9.47 Å². The Morgan fingerprint density at radius 2 is 1.44 bits per heavy atom. The Balaban J connectivity index is 2.11. The van der Waals surface area contributed by atoms with Crippen LogP contribution in [0.3, 0.4) is 0 Å². The average molecular weight is 375 g/mol. The van der Waals surface area contributed by atoms with Gasteiger partial charge in [0.05, 0.1) is 14.2 Å². The highest BCUT2D eigenvalue weighted by Gasteiger charge is 2.03. The molecule has 0 saturated heterocycles. The largest absolute Gasteiger partial charge is 0.493 e. The third kappa shape index (κ3) is 10.8. The number of hydrogen-bond acceptors (Lipinski definition) is 3. The molecule has 0 bridgehead atoms. The molecule has 0 spiro atoms. The van der Waals surface area contributed by atoms with Crippen molar-refractivity contribution >= 4 is 5.78 Å². The van der Waals surface area contributed by atoms with E-state index in [9.17, 15) is 4.79 Å². The first-order valence-electron chi connectivity index (χ1n) is 10.6. The van der Waals surface area contributed by atoms with Crippen LogP contribution in [-0.4, -0.2) is 20.0 Å². The molecular weight excluding hydrogens is 336 g/mol. The Labute approximate surface area is 166 Å². The van der Waals surface area contributed by atoms with Crippen LogP contribution in [0.5, 0.6) is 11.5 Å². The van der Waals surface area contributed by atoms with Gasteiger partial charge in [-0.15, -0.1) is 0 Å². The molecule has 0 heterocycles. The van der Waals surface area contributed by atoms with Crippen LogP contribution < -0.4 is 9.47 Å². The maximum atomic E-state index is 12.0. The maximum Gasteiger partial charge on any atom is 0.160 e. The lowest BCUT2D eigenvalue weighted by Gasteiger charge is -2.08. The zero-order valence-electron chi connectivity index (χ0n) is 17.6. The van der Waals surface area contributed by atoms with Gasteiger partial charge in [-0.1, -0.05) is 76.9 Å². The summed E-state index contributed by atoms with van der Waals surface area (Å²) < 4.78 is 10.5. The molecule has 0 atom stereocenters. The second-order valence-corrected chi connectivity index (χ2v) is 7.19. The first-order valence-corrected chi connectivity index (χ1v) is 10.6. The van der Waals surface area contributed by atoms with Crippen LogP contribution in [0, 0.1) is 0 Å². The molecule has 1 aromatic carbocycles. The van der Waals surface area contributed by atoms with Crippen molar-refractivity contribution in [1.82, 2.24) is 0 Å². The third-order valence-corrected chi connectivity index (χ3v) is 4.88. The second-order valence-electron chi connectivity index (χ2n) is 7.19. The zero-order chi connectivity index (χ0) is 19.7. The summed E-state index contributed by atoms with van der Waals surface area (Å²) in [5, 5.41) is 0. The predicted molar refractivity (Wildman–Crippen MR) is 114 cm³/mol. The highest BCUT2D eigenvalue weighted by molar-refractivity contribution is 5.89. The summed E-state index contributed by atoms with van der Waals surface area (Å²) in [7, 11) is 3.26. The molecule has 1 rings (SSSR count). The molecule has 0 unspecified atom stereocenters. The van der Waals surface area contributed by atoms with Gasteiger partial charge in [0, 0.05) is 6.42 Å². The Kier molecular flexibility index (Phi) is 13.2. The van der Waals surface area contributed by atoms with Crippen molar-refractivity contribution in [3.8, 4) is 11.5 Å². The first kappa shape index (κ1) is 23.3. The summed E-state index contributed by atoms with van der Waals surface area (Å²) in [5.41, 5.74) is 1.11. The van der Waals surface area contributed by atoms with E-state index in [-0.39, 0.29) is 5.78 Å². The number of hydrogen-bond donors (Lipinski definition) is 0. The Bertz CT molecular complexity index is 549. The summed E-state index contributed by atoms with van der Waals surface area (Å²) in [6.45, 7) is 2.26. The van der Waals surface area contributed by atoms with E-state index in [0.717, 1.165) is 29.9 Å². The fourth-order valence-corrected chi connectivity index (χ4v) is 3.20. The van der Waals surface area contributed by atoms with Gasteiger partial charge in [0.2, 0.25) is 0 Å². The number of rotatable bonds is 16. The molecule has 0 N–H and O–H groups in total. The van der Waals surface area contributed by atoms with Crippen LogP contribution in [-0.2, 0) is 11.2 Å². The maximum absolute atomic E-state index is 12.0. The van der Waals surface area contributed by atoms with Gasteiger partial charge in [0.15, 0.2) is 17.3 Å². The minimum atomic E-state index is 0.232. The number of ether oxygens (including phenoxy) is 2. The van der Waals surface area contributed by atoms with Gasteiger partial charge in [-0.05, 0) is 36.6 Å². The number of unbranched alkanes of at least 4 members (excludes halogenated alkanes) is 9. The van der Waals surface area contributed by atoms with E-state index in [0.29, 0.717) is 6.42 Å². The van der Waals surface area contributed by atoms with Crippen LogP contribution in [0.15, 0.2) is 30.4 Å². The van der Waals surface area contributed by atoms with Crippen molar-refractivity contribution in [3.05, 3.63) is 35.9 Å². The number of ketones is 1. The SMILES string of the molecule is CCCCCCCCCCCCC(=O)C=CCc1ccc(OC)c(OC)c1. The molecule has 0 aliphatic heterocycles. The van der Waals surface area contributed by atoms with Crippen molar-refractivity contribution < 1.29 is 14.3 Å². The predicted octanol–water partition coefficient (Wildman–Crippen LogP) is 6.68. The minimum Gasteiger partial charge on any atom is -0.493 e. The summed E-state index contributed by atoms with van der Waals surface area (Å²) in [5.74, 6) is 1.68. The van der Waals surface area contributed by atoms with Crippen LogP contribution in [0.1, 0.15) is 83.1 Å². The number of allylic oxidation sites excluding steroid dienone is 2. The fourth-order valence-electron chi connectivity index (χ4n) is 3.20. The summed E-state index contributed by atoms with van der Waals surface area (Å²) in [4.78, 5) is 12.0. The molecule has 3 nitrogen and oxygen atoms in total. The lowest BCUT2D eigenvalue weighted by Crippen LogP contribution is -1.94. The van der Waals surface area contributed by atoms with E-state index < -0.39 is 0 Å². The monoisotopic (exact) mass is 374 g/mol. The smallest absolute Gasteiger partial charge is 0.160 e. The van der Waals surface area contributed by atoms with Crippen molar-refractivity contribution in [2.75, 3.05) is 14.2 Å². The van der Waals surface area contributed by atoms with Crippen LogP contribution in [0.4, 0.5) is 0 Å². The summed E-state index contributed by atoms with van der Waals surface area (Å²) in [6.07, 6.45) is 18.0. The van der Waals surface area contributed by atoms with Crippen LogP contribution in [0.2, 0.25) is 0 Å². The van der Waals surface area contributed by atoms with Crippen molar-refractivity contribution in [2.45, 2.75) is 84.0 Å². The molecule has 0 aromatic heterocycles. The second kappa shape index (κ2) is 15.3. The summed E-state index contributed by atoms with van der Waals surface area (Å²) in [6, 6.07) is 5.85. The summed E-state index contributed by atoms with van der Waals surface area (Å²) >= 11 is 0. The van der Waals surface area contributed by atoms with Gasteiger partial charge in [0.25, 0.3) is 0 Å². The quantitative estimate of drug-likeness (QED) is 0.239. The van der Waals surface area contributed by atoms with E-state index in [4.69, 9.17) is 9.47 Å². The van der Waals surface area contributed by atoms with Crippen LogP contribution in [0.25, 0.3) is 0 Å². The fraction of sp³-hybridized carbons (Fsp3) is 0.625. The molecule has 0 fully saturated rings. The van der Waals surface area contributed by atoms with Crippen molar-refractivity contribution in [1.29, 1.82) is 0 Å². The number of methoxy groups -OCH3 is 2. The van der Waals surface area contributed by atoms with Crippen molar-refractivity contribution in [3.63, 3.8) is 0 Å². The van der Waals surface area contributed by atoms with E-state index in [1.54, 1.807) is 20.3 Å². The van der Waals surface area contributed by atoms with Gasteiger partial charge in [-0.2, -0.15) is 0 Å². The zero-order valence-corrected chi connectivity index (χ0v) is 17.6. The molecule has 152 valence electrons. The van der Waals surface area contributed by atoms with E-state index >= 15 is 0 Å². The Morgan fingerprint density at radius 1 is 0.852 bits per heavy atom. The van der Waals surface area contributed by atoms with Gasteiger partial charge in [-0.25, -0.2) is 0 Å². The molecule has 0 aliphatic rings. The van der Waals surface area contributed by atoms with Gasteiger partial charge in [0.1, 0.15) is 0 Å². The molecule has 1 aromatic rings. The highest BCUT2D eigenvalue weighted by Crippen LogP contribution is 2.27. The Hall–Kier alpha value is -1.77.